The minimum absolute atomic E-state index is 0.141. The molecule has 1 fully saturated rings. The van der Waals surface area contributed by atoms with E-state index in [0.29, 0.717) is 0 Å². The molecule has 1 aromatic rings. The highest BCUT2D eigenvalue weighted by Gasteiger charge is 2.27. The molecule has 3 nitrogen and oxygen atoms in total. The van der Waals surface area contributed by atoms with E-state index in [1.54, 1.807) is 11.3 Å². The lowest BCUT2D eigenvalue weighted by atomic mass is 9.95. The Hall–Kier alpha value is -0.450. The fourth-order valence-electron chi connectivity index (χ4n) is 2.10. The summed E-state index contributed by atoms with van der Waals surface area (Å²) in [4.78, 5) is 5.80. The summed E-state index contributed by atoms with van der Waals surface area (Å²) in [6.07, 6.45) is 2.36. The van der Waals surface area contributed by atoms with Crippen LogP contribution in [0.4, 0.5) is 0 Å². The number of rotatable bonds is 3. The topological polar surface area (TPSA) is 34.2 Å². The second-order valence-electron chi connectivity index (χ2n) is 4.81. The van der Waals surface area contributed by atoms with Gasteiger partial charge in [0.1, 0.15) is 0 Å². The first-order valence-corrected chi connectivity index (χ1v) is 6.66. The highest BCUT2D eigenvalue weighted by molar-refractivity contribution is 7.11. The first-order valence-electron chi connectivity index (χ1n) is 5.85. The lowest BCUT2D eigenvalue weighted by molar-refractivity contribution is 0.0279. The van der Waals surface area contributed by atoms with E-state index >= 15 is 0 Å². The van der Waals surface area contributed by atoms with Crippen LogP contribution in [0.5, 0.6) is 0 Å². The molecule has 90 valence electrons. The fourth-order valence-corrected chi connectivity index (χ4v) is 2.98. The normalized spacial score (nSPS) is 25.9. The largest absolute Gasteiger partial charge is 0.380 e. The van der Waals surface area contributed by atoms with Gasteiger partial charge in [-0.3, -0.25) is 0 Å². The van der Waals surface area contributed by atoms with Crippen molar-refractivity contribution in [1.82, 2.24) is 10.3 Å². The zero-order chi connectivity index (χ0) is 11.6. The van der Waals surface area contributed by atoms with E-state index in [0.717, 1.165) is 36.9 Å². The molecule has 0 amide bonds. The number of hydrogen-bond donors (Lipinski definition) is 1. The van der Waals surface area contributed by atoms with E-state index in [1.165, 1.54) is 11.3 Å². The van der Waals surface area contributed by atoms with Gasteiger partial charge in [0, 0.05) is 23.6 Å². The average Bonchev–Trinajstić information content (AvgIpc) is 2.56. The number of nitrogens with one attached hydrogen (secondary N) is 1. The molecule has 16 heavy (non-hydrogen) atoms. The van der Waals surface area contributed by atoms with Crippen molar-refractivity contribution in [2.45, 2.75) is 45.7 Å². The molecule has 1 aromatic heterocycles. The third-order valence-corrected chi connectivity index (χ3v) is 4.19. The van der Waals surface area contributed by atoms with Crippen molar-refractivity contribution in [3.63, 3.8) is 0 Å². The van der Waals surface area contributed by atoms with Crippen LogP contribution in [0.15, 0.2) is 0 Å². The van der Waals surface area contributed by atoms with Gasteiger partial charge in [-0.25, -0.2) is 4.98 Å². The summed E-state index contributed by atoms with van der Waals surface area (Å²) in [7, 11) is 0. The van der Waals surface area contributed by atoms with E-state index in [-0.39, 0.29) is 5.54 Å². The van der Waals surface area contributed by atoms with Crippen molar-refractivity contribution in [2.75, 3.05) is 13.2 Å². The minimum Gasteiger partial charge on any atom is -0.380 e. The van der Waals surface area contributed by atoms with E-state index in [9.17, 15) is 0 Å². The molecule has 1 N–H and O–H groups in total. The Bertz CT molecular complexity index is 356. The molecule has 1 aliphatic heterocycles. The molecule has 0 aromatic carbocycles. The standard InChI is InChI=1S/C12H20N2OS/c1-9-11(16-10(2)14-9)7-13-12(3)5-4-6-15-8-12/h13H,4-8H2,1-3H3. The zero-order valence-electron chi connectivity index (χ0n) is 10.3. The predicted molar refractivity (Wildman–Crippen MR) is 66.9 cm³/mol. The minimum atomic E-state index is 0.141. The van der Waals surface area contributed by atoms with Crippen LogP contribution >= 0.6 is 11.3 Å². The van der Waals surface area contributed by atoms with E-state index in [2.05, 4.69) is 31.1 Å². The zero-order valence-corrected chi connectivity index (χ0v) is 11.1. The van der Waals surface area contributed by atoms with Crippen molar-refractivity contribution in [3.8, 4) is 0 Å². The maximum atomic E-state index is 5.53. The summed E-state index contributed by atoms with van der Waals surface area (Å²) in [6, 6.07) is 0. The Kier molecular flexibility index (Phi) is 3.62. The molecule has 1 unspecified atom stereocenters. The average molecular weight is 240 g/mol. The van der Waals surface area contributed by atoms with Gasteiger partial charge in [-0.1, -0.05) is 0 Å². The highest BCUT2D eigenvalue weighted by Crippen LogP contribution is 2.21. The Morgan fingerprint density at radius 1 is 1.50 bits per heavy atom. The second kappa shape index (κ2) is 4.82. The highest BCUT2D eigenvalue weighted by atomic mass is 32.1. The smallest absolute Gasteiger partial charge is 0.0900 e. The lowest BCUT2D eigenvalue weighted by Gasteiger charge is -2.34. The summed E-state index contributed by atoms with van der Waals surface area (Å²) >= 11 is 1.79. The number of hydrogen-bond acceptors (Lipinski definition) is 4. The van der Waals surface area contributed by atoms with Crippen LogP contribution in [0.25, 0.3) is 0 Å². The number of thiazole rings is 1. The maximum Gasteiger partial charge on any atom is 0.0900 e. The number of nitrogens with zero attached hydrogens (tertiary/aromatic N) is 1. The molecule has 0 saturated carbocycles. The van der Waals surface area contributed by atoms with Gasteiger partial charge in [0.2, 0.25) is 0 Å². The number of ether oxygens (including phenoxy) is 1. The Morgan fingerprint density at radius 3 is 2.88 bits per heavy atom. The van der Waals surface area contributed by atoms with Crippen LogP contribution < -0.4 is 5.32 Å². The van der Waals surface area contributed by atoms with E-state index in [4.69, 9.17) is 4.74 Å². The SMILES string of the molecule is Cc1nc(C)c(CNC2(C)CCCOC2)s1. The van der Waals surface area contributed by atoms with Crippen LogP contribution in [0.2, 0.25) is 0 Å². The third-order valence-electron chi connectivity index (χ3n) is 3.11. The summed E-state index contributed by atoms with van der Waals surface area (Å²) in [5, 5.41) is 4.77. The van der Waals surface area contributed by atoms with Crippen molar-refractivity contribution in [2.24, 2.45) is 0 Å². The Morgan fingerprint density at radius 2 is 2.31 bits per heavy atom. The molecule has 2 heterocycles. The second-order valence-corrected chi connectivity index (χ2v) is 6.10. The van der Waals surface area contributed by atoms with Crippen molar-refractivity contribution in [1.29, 1.82) is 0 Å². The van der Waals surface area contributed by atoms with Crippen molar-refractivity contribution in [3.05, 3.63) is 15.6 Å². The molecule has 0 aliphatic carbocycles. The monoisotopic (exact) mass is 240 g/mol. The van der Waals surface area contributed by atoms with Crippen LogP contribution in [0, 0.1) is 13.8 Å². The van der Waals surface area contributed by atoms with Gasteiger partial charge < -0.3 is 10.1 Å². The van der Waals surface area contributed by atoms with Gasteiger partial charge in [0.15, 0.2) is 0 Å². The quantitative estimate of drug-likeness (QED) is 0.881. The summed E-state index contributed by atoms with van der Waals surface area (Å²) in [5.41, 5.74) is 1.30. The van der Waals surface area contributed by atoms with Crippen LogP contribution in [0.3, 0.4) is 0 Å². The summed E-state index contributed by atoms with van der Waals surface area (Å²) < 4.78 is 5.53. The van der Waals surface area contributed by atoms with Gasteiger partial charge in [-0.15, -0.1) is 11.3 Å². The van der Waals surface area contributed by atoms with Crippen LogP contribution in [-0.2, 0) is 11.3 Å². The number of aromatic nitrogens is 1. The molecule has 0 spiro atoms. The first-order chi connectivity index (χ1) is 7.59. The Labute approximate surface area is 101 Å². The lowest BCUT2D eigenvalue weighted by Crippen LogP contribution is -2.48. The van der Waals surface area contributed by atoms with Crippen molar-refractivity contribution >= 4 is 11.3 Å². The van der Waals surface area contributed by atoms with Crippen molar-refractivity contribution < 1.29 is 4.74 Å². The van der Waals surface area contributed by atoms with Gasteiger partial charge in [0.05, 0.1) is 17.3 Å². The third kappa shape index (κ3) is 2.81. The summed E-state index contributed by atoms with van der Waals surface area (Å²) in [5.74, 6) is 0. The molecule has 0 bridgehead atoms. The van der Waals surface area contributed by atoms with Gasteiger partial charge >= 0.3 is 0 Å². The van der Waals surface area contributed by atoms with Crippen LogP contribution in [-0.4, -0.2) is 23.7 Å². The van der Waals surface area contributed by atoms with Gasteiger partial charge in [-0.05, 0) is 33.6 Å². The molecule has 1 aliphatic rings. The van der Waals surface area contributed by atoms with E-state index in [1.807, 2.05) is 0 Å². The Balaban J connectivity index is 1.93. The number of aryl methyl sites for hydroxylation is 2. The van der Waals surface area contributed by atoms with Gasteiger partial charge in [0.25, 0.3) is 0 Å². The molecule has 1 saturated heterocycles. The molecule has 1 atom stereocenters. The molecule has 0 radical (unpaired) electrons. The molecular formula is C12H20N2OS. The van der Waals surface area contributed by atoms with Gasteiger partial charge in [-0.2, -0.15) is 0 Å². The molecule has 2 rings (SSSR count). The fraction of sp³-hybridized carbons (Fsp3) is 0.750. The van der Waals surface area contributed by atoms with Crippen LogP contribution in [0.1, 0.15) is 35.3 Å². The molecule has 4 heteroatoms. The first kappa shape index (κ1) is 12.0. The summed E-state index contributed by atoms with van der Waals surface area (Å²) in [6.45, 7) is 9.04. The maximum absolute atomic E-state index is 5.53. The van der Waals surface area contributed by atoms with E-state index < -0.39 is 0 Å². The predicted octanol–water partition coefficient (Wildman–Crippen LogP) is 2.42. The molecular weight excluding hydrogens is 220 g/mol.